The lowest BCUT2D eigenvalue weighted by atomic mass is 9.96. The van der Waals surface area contributed by atoms with Gasteiger partial charge in [-0.1, -0.05) is 6.92 Å². The van der Waals surface area contributed by atoms with Crippen LogP contribution in [-0.4, -0.2) is 22.3 Å². The molecule has 1 aromatic heterocycles. The Kier molecular flexibility index (Phi) is 7.46. The maximum Gasteiger partial charge on any atom is 0.417 e. The summed E-state index contributed by atoms with van der Waals surface area (Å²) in [5.41, 5.74) is -1.11. The molecule has 9 heteroatoms. The van der Waals surface area contributed by atoms with Crippen molar-refractivity contribution in [2.45, 2.75) is 58.4 Å². The Labute approximate surface area is 212 Å². The Morgan fingerprint density at radius 1 is 0.946 bits per heavy atom. The lowest BCUT2D eigenvalue weighted by Gasteiger charge is -2.18. The zero-order valence-electron chi connectivity index (χ0n) is 20.8. The van der Waals surface area contributed by atoms with E-state index in [0.29, 0.717) is 12.0 Å². The Morgan fingerprint density at radius 2 is 1.68 bits per heavy atom. The first-order valence-corrected chi connectivity index (χ1v) is 12.0. The maximum absolute atomic E-state index is 15.0. The van der Waals surface area contributed by atoms with Gasteiger partial charge in [0.15, 0.2) is 0 Å². The summed E-state index contributed by atoms with van der Waals surface area (Å²) in [5, 5.41) is 9.76. The highest BCUT2D eigenvalue weighted by Crippen LogP contribution is 2.40. The zero-order chi connectivity index (χ0) is 27.0. The maximum atomic E-state index is 15.0. The second kappa shape index (κ2) is 10.3. The highest BCUT2D eigenvalue weighted by atomic mass is 19.4. The van der Waals surface area contributed by atoms with Crippen molar-refractivity contribution in [3.63, 3.8) is 0 Å². The van der Waals surface area contributed by atoms with Crippen molar-refractivity contribution in [3.05, 3.63) is 76.5 Å². The van der Waals surface area contributed by atoms with E-state index in [-0.39, 0.29) is 42.4 Å². The molecule has 0 saturated heterocycles. The van der Waals surface area contributed by atoms with Gasteiger partial charge in [0.05, 0.1) is 17.8 Å². The SMILES string of the molecule is C[C@@H]1Cc2cnc(OCc3cc(-c4ccc(OCCC(C)(C)O)cc4F)c(C(F)(F)F)cc3F)cc2C1. The molecule has 0 spiro atoms. The van der Waals surface area contributed by atoms with Gasteiger partial charge in [-0.25, -0.2) is 13.8 Å². The van der Waals surface area contributed by atoms with Gasteiger partial charge in [-0.05, 0) is 73.6 Å². The lowest BCUT2D eigenvalue weighted by Crippen LogP contribution is -2.21. The molecule has 0 amide bonds. The minimum atomic E-state index is -4.91. The molecule has 0 fully saturated rings. The molecular weight excluding hydrogens is 493 g/mol. The Balaban J connectivity index is 1.60. The number of aliphatic hydroxyl groups is 1. The van der Waals surface area contributed by atoms with E-state index >= 15 is 0 Å². The van der Waals surface area contributed by atoms with Crippen LogP contribution in [0.25, 0.3) is 11.1 Å². The van der Waals surface area contributed by atoms with E-state index in [0.717, 1.165) is 42.2 Å². The van der Waals surface area contributed by atoms with Crippen LogP contribution in [0.5, 0.6) is 11.6 Å². The summed E-state index contributed by atoms with van der Waals surface area (Å²) in [7, 11) is 0. The van der Waals surface area contributed by atoms with E-state index in [9.17, 15) is 27.1 Å². The molecule has 0 bridgehead atoms. The summed E-state index contributed by atoms with van der Waals surface area (Å²) in [6, 6.07) is 6.54. The van der Waals surface area contributed by atoms with Gasteiger partial charge in [-0.3, -0.25) is 0 Å². The number of ether oxygens (including phenoxy) is 2. The van der Waals surface area contributed by atoms with Crippen molar-refractivity contribution in [1.29, 1.82) is 0 Å². The Morgan fingerprint density at radius 3 is 2.35 bits per heavy atom. The second-order valence-electron chi connectivity index (χ2n) is 10.1. The first kappa shape index (κ1) is 26.9. The van der Waals surface area contributed by atoms with E-state index < -0.39 is 34.5 Å². The predicted octanol–water partition coefficient (Wildman–Crippen LogP) is 6.90. The van der Waals surface area contributed by atoms with Gasteiger partial charge < -0.3 is 14.6 Å². The molecule has 1 atom stereocenters. The molecule has 3 aromatic rings. The lowest BCUT2D eigenvalue weighted by molar-refractivity contribution is -0.137. The topological polar surface area (TPSA) is 51.6 Å². The molecule has 0 aliphatic heterocycles. The number of hydrogen-bond donors (Lipinski definition) is 1. The minimum Gasteiger partial charge on any atom is -0.493 e. The Hall–Kier alpha value is -3.20. The molecule has 37 heavy (non-hydrogen) atoms. The van der Waals surface area contributed by atoms with Crippen molar-refractivity contribution < 1.29 is 36.5 Å². The minimum absolute atomic E-state index is 0.0871. The van der Waals surface area contributed by atoms with Crippen LogP contribution in [0.1, 0.15) is 49.4 Å². The van der Waals surface area contributed by atoms with Crippen LogP contribution in [-0.2, 0) is 25.6 Å². The van der Waals surface area contributed by atoms with Gasteiger partial charge in [0, 0.05) is 35.9 Å². The van der Waals surface area contributed by atoms with Crippen LogP contribution in [0.2, 0.25) is 0 Å². The van der Waals surface area contributed by atoms with Crippen molar-refractivity contribution >= 4 is 0 Å². The van der Waals surface area contributed by atoms with Gasteiger partial charge in [-0.2, -0.15) is 13.2 Å². The van der Waals surface area contributed by atoms with Crippen molar-refractivity contribution in [1.82, 2.24) is 4.98 Å². The predicted molar refractivity (Wildman–Crippen MR) is 128 cm³/mol. The molecule has 2 aromatic carbocycles. The summed E-state index contributed by atoms with van der Waals surface area (Å²) < 4.78 is 82.0. The molecule has 4 nitrogen and oxygen atoms in total. The molecule has 0 saturated carbocycles. The fourth-order valence-corrected chi connectivity index (χ4v) is 4.34. The number of aromatic nitrogens is 1. The summed E-state index contributed by atoms with van der Waals surface area (Å²) in [4.78, 5) is 4.22. The summed E-state index contributed by atoms with van der Waals surface area (Å²) in [6.45, 7) is 5.01. The highest BCUT2D eigenvalue weighted by molar-refractivity contribution is 5.70. The molecule has 198 valence electrons. The molecule has 0 radical (unpaired) electrons. The summed E-state index contributed by atoms with van der Waals surface area (Å²) >= 11 is 0. The molecule has 1 aliphatic rings. The third-order valence-corrected chi connectivity index (χ3v) is 6.28. The second-order valence-corrected chi connectivity index (χ2v) is 10.1. The monoisotopic (exact) mass is 521 g/mol. The third kappa shape index (κ3) is 6.57. The van der Waals surface area contributed by atoms with Gasteiger partial charge in [-0.15, -0.1) is 0 Å². The molecule has 0 unspecified atom stereocenters. The van der Waals surface area contributed by atoms with E-state index in [4.69, 9.17) is 9.47 Å². The third-order valence-electron chi connectivity index (χ3n) is 6.28. The van der Waals surface area contributed by atoms with E-state index in [2.05, 4.69) is 11.9 Å². The smallest absolute Gasteiger partial charge is 0.417 e. The number of rotatable bonds is 8. The zero-order valence-corrected chi connectivity index (χ0v) is 20.8. The summed E-state index contributed by atoms with van der Waals surface area (Å²) in [5.74, 6) is -1.25. The van der Waals surface area contributed by atoms with Crippen LogP contribution in [0.4, 0.5) is 22.0 Å². The van der Waals surface area contributed by atoms with Crippen molar-refractivity contribution in [3.8, 4) is 22.8 Å². The quantitative estimate of drug-likeness (QED) is 0.328. The Bertz CT molecular complexity index is 1280. The van der Waals surface area contributed by atoms with Crippen LogP contribution >= 0.6 is 0 Å². The van der Waals surface area contributed by atoms with Crippen LogP contribution < -0.4 is 9.47 Å². The highest BCUT2D eigenvalue weighted by Gasteiger charge is 2.35. The van der Waals surface area contributed by atoms with Gasteiger partial charge in [0.2, 0.25) is 5.88 Å². The standard InChI is InChI=1S/C28H28F5NO3/c1-16-8-17-11-26(34-14-18(17)9-16)37-15-19-10-22(23(13-24(19)29)28(31,32)33)21-5-4-20(12-25(21)30)36-7-6-27(2,3)35/h4-5,10-14,16,35H,6-9,15H2,1-3H3/t16-/m0/s1. The number of halogens is 5. The van der Waals surface area contributed by atoms with Gasteiger partial charge >= 0.3 is 6.18 Å². The van der Waals surface area contributed by atoms with Crippen LogP contribution in [0, 0.1) is 17.6 Å². The number of alkyl halides is 3. The van der Waals surface area contributed by atoms with Crippen LogP contribution in [0.15, 0.2) is 42.6 Å². The molecule has 1 N–H and O–H groups in total. The molecular formula is C28H28F5NO3. The van der Waals surface area contributed by atoms with Crippen molar-refractivity contribution in [2.24, 2.45) is 5.92 Å². The van der Waals surface area contributed by atoms with E-state index in [1.807, 2.05) is 0 Å². The van der Waals surface area contributed by atoms with Crippen molar-refractivity contribution in [2.75, 3.05) is 6.61 Å². The fourth-order valence-electron chi connectivity index (χ4n) is 4.34. The first-order valence-electron chi connectivity index (χ1n) is 12.0. The van der Waals surface area contributed by atoms with Crippen LogP contribution in [0.3, 0.4) is 0 Å². The molecule has 4 rings (SSSR count). The summed E-state index contributed by atoms with van der Waals surface area (Å²) in [6.07, 6.45) is -1.17. The molecule has 1 aliphatic carbocycles. The van der Waals surface area contributed by atoms with E-state index in [1.54, 1.807) is 26.1 Å². The number of benzene rings is 2. The fraction of sp³-hybridized carbons (Fsp3) is 0.393. The van der Waals surface area contributed by atoms with Gasteiger partial charge in [0.1, 0.15) is 24.0 Å². The number of nitrogens with zero attached hydrogens (tertiary/aromatic N) is 1. The number of hydrogen-bond acceptors (Lipinski definition) is 4. The largest absolute Gasteiger partial charge is 0.493 e. The molecule has 1 heterocycles. The van der Waals surface area contributed by atoms with Gasteiger partial charge in [0.25, 0.3) is 0 Å². The average Bonchev–Trinajstić information content (AvgIpc) is 3.16. The number of fused-ring (bicyclic) bond motifs is 1. The van der Waals surface area contributed by atoms with E-state index in [1.165, 1.54) is 6.07 Å². The normalized spacial score (nSPS) is 15.5. The number of pyridine rings is 1. The average molecular weight is 522 g/mol. The first-order chi connectivity index (χ1) is 17.3.